The first-order chi connectivity index (χ1) is 6.72. The summed E-state index contributed by atoms with van der Waals surface area (Å²) in [5.41, 5.74) is 5.86. The number of rotatable bonds is 5. The van der Waals surface area contributed by atoms with Gasteiger partial charge in [0.1, 0.15) is 6.61 Å². The molecule has 0 aliphatic heterocycles. The monoisotopic (exact) mass is 215 g/mol. The average molecular weight is 215 g/mol. The van der Waals surface area contributed by atoms with E-state index in [4.69, 9.17) is 5.73 Å². The van der Waals surface area contributed by atoms with Crippen LogP contribution >= 0.6 is 11.3 Å². The molecule has 78 valence electrons. The first-order valence-corrected chi connectivity index (χ1v) is 5.21. The van der Waals surface area contributed by atoms with Gasteiger partial charge in [0, 0.05) is 5.38 Å². The number of aromatic nitrogens is 1. The van der Waals surface area contributed by atoms with E-state index in [2.05, 4.69) is 22.0 Å². The molecule has 1 amide bonds. The molecule has 0 spiro atoms. The summed E-state index contributed by atoms with van der Waals surface area (Å²) in [5.74, 6) is 0. The number of aryl methyl sites for hydroxylation is 1. The molecule has 5 nitrogen and oxygen atoms in total. The zero-order chi connectivity index (χ0) is 10.4. The van der Waals surface area contributed by atoms with Crippen molar-refractivity contribution < 1.29 is 9.53 Å². The third-order valence-corrected chi connectivity index (χ3v) is 2.39. The molecule has 0 saturated carbocycles. The predicted octanol–water partition coefficient (Wildman–Crippen LogP) is 1.21. The van der Waals surface area contributed by atoms with Crippen molar-refractivity contribution in [2.45, 2.75) is 13.3 Å². The number of carbonyl (C=O) groups is 1. The van der Waals surface area contributed by atoms with Gasteiger partial charge in [0.25, 0.3) is 0 Å². The molecule has 0 aliphatic carbocycles. The molecule has 0 unspecified atom stereocenters. The summed E-state index contributed by atoms with van der Waals surface area (Å²) in [7, 11) is 0. The third-order valence-electron chi connectivity index (χ3n) is 1.54. The number of thiazole rings is 1. The number of nitrogens with two attached hydrogens (primary N) is 1. The molecule has 1 rings (SSSR count). The van der Waals surface area contributed by atoms with Crippen LogP contribution < -0.4 is 11.1 Å². The van der Waals surface area contributed by atoms with E-state index in [0.29, 0.717) is 6.54 Å². The Morgan fingerprint density at radius 3 is 3.14 bits per heavy atom. The maximum absolute atomic E-state index is 10.2. The van der Waals surface area contributed by atoms with Crippen molar-refractivity contribution in [2.75, 3.05) is 18.5 Å². The quantitative estimate of drug-likeness (QED) is 0.724. The van der Waals surface area contributed by atoms with Gasteiger partial charge in [-0.1, -0.05) is 6.92 Å². The predicted molar refractivity (Wildman–Crippen MR) is 55.5 cm³/mol. The van der Waals surface area contributed by atoms with Gasteiger partial charge < -0.3 is 15.8 Å². The van der Waals surface area contributed by atoms with Crippen LogP contribution in [0, 0.1) is 0 Å². The van der Waals surface area contributed by atoms with Gasteiger partial charge in [0.2, 0.25) is 0 Å². The van der Waals surface area contributed by atoms with Crippen molar-refractivity contribution in [3.63, 3.8) is 0 Å². The fourth-order valence-electron chi connectivity index (χ4n) is 0.860. The Morgan fingerprint density at radius 2 is 2.57 bits per heavy atom. The molecule has 0 bridgehead atoms. The highest BCUT2D eigenvalue weighted by Gasteiger charge is 1.99. The minimum absolute atomic E-state index is 0.260. The molecule has 3 N–H and O–H groups in total. The molecule has 0 atom stereocenters. The summed E-state index contributed by atoms with van der Waals surface area (Å²) in [5, 5.41) is 5.87. The number of hydrogen-bond donors (Lipinski definition) is 2. The first-order valence-electron chi connectivity index (χ1n) is 4.33. The van der Waals surface area contributed by atoms with Gasteiger partial charge in [-0.2, -0.15) is 0 Å². The van der Waals surface area contributed by atoms with Crippen LogP contribution in [0.4, 0.5) is 9.93 Å². The maximum atomic E-state index is 10.2. The number of primary amides is 1. The zero-order valence-electron chi connectivity index (χ0n) is 7.95. The molecule has 14 heavy (non-hydrogen) atoms. The van der Waals surface area contributed by atoms with Crippen LogP contribution in [0.5, 0.6) is 0 Å². The molecule has 6 heteroatoms. The van der Waals surface area contributed by atoms with Crippen molar-refractivity contribution in [3.05, 3.63) is 11.1 Å². The van der Waals surface area contributed by atoms with Crippen molar-refractivity contribution in [1.29, 1.82) is 0 Å². The van der Waals surface area contributed by atoms with E-state index in [1.807, 2.05) is 5.38 Å². The van der Waals surface area contributed by atoms with Gasteiger partial charge in [0.15, 0.2) is 5.13 Å². The Kier molecular flexibility index (Phi) is 4.18. The van der Waals surface area contributed by atoms with Crippen molar-refractivity contribution in [2.24, 2.45) is 5.73 Å². The molecular weight excluding hydrogens is 202 g/mol. The number of amides is 1. The largest absolute Gasteiger partial charge is 0.448 e. The lowest BCUT2D eigenvalue weighted by molar-refractivity contribution is 0.161. The summed E-state index contributed by atoms with van der Waals surface area (Å²) in [6.45, 7) is 2.84. The third kappa shape index (κ3) is 3.61. The van der Waals surface area contributed by atoms with Crippen LogP contribution in [0.1, 0.15) is 12.6 Å². The van der Waals surface area contributed by atoms with Gasteiger partial charge in [-0.15, -0.1) is 11.3 Å². The average Bonchev–Trinajstić information content (AvgIpc) is 2.60. The fraction of sp³-hybridized carbons (Fsp3) is 0.500. The van der Waals surface area contributed by atoms with E-state index >= 15 is 0 Å². The number of ether oxygens (including phenoxy) is 1. The summed E-state index contributed by atoms with van der Waals surface area (Å²) < 4.78 is 4.55. The molecule has 0 saturated heterocycles. The first kappa shape index (κ1) is 10.8. The molecular formula is C8H13N3O2S. The van der Waals surface area contributed by atoms with E-state index in [9.17, 15) is 4.79 Å². The topological polar surface area (TPSA) is 77.2 Å². The van der Waals surface area contributed by atoms with Crippen LogP contribution in [0.2, 0.25) is 0 Å². The van der Waals surface area contributed by atoms with Crippen LogP contribution in [-0.4, -0.2) is 24.2 Å². The normalized spacial score (nSPS) is 9.79. The van der Waals surface area contributed by atoms with Gasteiger partial charge in [-0.3, -0.25) is 0 Å². The van der Waals surface area contributed by atoms with Crippen LogP contribution in [0.3, 0.4) is 0 Å². The number of anilines is 1. The second-order valence-electron chi connectivity index (χ2n) is 2.59. The Bertz CT molecular complexity index is 301. The Morgan fingerprint density at radius 1 is 1.79 bits per heavy atom. The highest BCUT2D eigenvalue weighted by molar-refractivity contribution is 7.13. The lowest BCUT2D eigenvalue weighted by atomic mass is 10.4. The van der Waals surface area contributed by atoms with Crippen molar-refractivity contribution in [3.8, 4) is 0 Å². The van der Waals surface area contributed by atoms with Crippen LogP contribution in [0.25, 0.3) is 0 Å². The molecule has 1 aromatic rings. The standard InChI is InChI=1S/C8H13N3O2S/c1-2-6-5-14-8(11-6)10-3-4-13-7(9)12/h5H,2-4H2,1H3,(H2,9,12)(H,10,11). The number of nitrogens with one attached hydrogen (secondary N) is 1. The summed E-state index contributed by atoms with van der Waals surface area (Å²) in [4.78, 5) is 14.5. The van der Waals surface area contributed by atoms with Gasteiger partial charge in [0.05, 0.1) is 12.2 Å². The minimum Gasteiger partial charge on any atom is -0.448 e. The smallest absolute Gasteiger partial charge is 0.404 e. The number of nitrogens with zero attached hydrogens (tertiary/aromatic N) is 1. The number of hydrogen-bond acceptors (Lipinski definition) is 5. The summed E-state index contributed by atoms with van der Waals surface area (Å²) in [6.07, 6.45) is 0.177. The van der Waals surface area contributed by atoms with E-state index in [-0.39, 0.29) is 6.61 Å². The Hall–Kier alpha value is -1.30. The summed E-state index contributed by atoms with van der Waals surface area (Å²) in [6, 6.07) is 0. The highest BCUT2D eigenvalue weighted by Crippen LogP contribution is 2.14. The Labute approximate surface area is 86.3 Å². The second kappa shape index (κ2) is 5.43. The van der Waals surface area contributed by atoms with Crippen LogP contribution in [-0.2, 0) is 11.2 Å². The van der Waals surface area contributed by atoms with E-state index in [0.717, 1.165) is 17.2 Å². The molecule has 1 heterocycles. The minimum atomic E-state index is -0.750. The van der Waals surface area contributed by atoms with Gasteiger partial charge in [-0.25, -0.2) is 9.78 Å². The number of carbonyl (C=O) groups excluding carboxylic acids is 1. The molecule has 0 fully saturated rings. The SMILES string of the molecule is CCc1csc(NCCOC(N)=O)n1. The lowest BCUT2D eigenvalue weighted by Gasteiger charge is -2.01. The zero-order valence-corrected chi connectivity index (χ0v) is 8.76. The fourth-order valence-corrected chi connectivity index (χ4v) is 1.68. The van der Waals surface area contributed by atoms with Crippen molar-refractivity contribution >= 4 is 22.6 Å². The van der Waals surface area contributed by atoms with E-state index in [1.165, 1.54) is 11.3 Å². The highest BCUT2D eigenvalue weighted by atomic mass is 32.1. The molecule has 1 aromatic heterocycles. The molecule has 0 aliphatic rings. The van der Waals surface area contributed by atoms with E-state index < -0.39 is 6.09 Å². The van der Waals surface area contributed by atoms with E-state index in [1.54, 1.807) is 0 Å². The maximum Gasteiger partial charge on any atom is 0.404 e. The molecule has 0 radical (unpaired) electrons. The van der Waals surface area contributed by atoms with Gasteiger partial charge in [-0.05, 0) is 6.42 Å². The van der Waals surface area contributed by atoms with Crippen molar-refractivity contribution in [1.82, 2.24) is 4.98 Å². The van der Waals surface area contributed by atoms with Crippen LogP contribution in [0.15, 0.2) is 5.38 Å². The Balaban J connectivity index is 2.21. The van der Waals surface area contributed by atoms with Gasteiger partial charge >= 0.3 is 6.09 Å². The molecule has 0 aromatic carbocycles. The lowest BCUT2D eigenvalue weighted by Crippen LogP contribution is -2.18. The second-order valence-corrected chi connectivity index (χ2v) is 3.45. The summed E-state index contributed by atoms with van der Waals surface area (Å²) >= 11 is 1.54.